The zero-order valence-electron chi connectivity index (χ0n) is 14.5. The first-order chi connectivity index (χ1) is 12.4. The zero-order chi connectivity index (χ0) is 16.6. The van der Waals surface area contributed by atoms with Crippen LogP contribution < -0.4 is 14.7 Å². The molecule has 0 N–H and O–H groups in total. The van der Waals surface area contributed by atoms with Gasteiger partial charge >= 0.3 is 0 Å². The van der Waals surface area contributed by atoms with Gasteiger partial charge in [-0.3, -0.25) is 0 Å². The molecule has 2 aromatic heterocycles. The summed E-state index contributed by atoms with van der Waals surface area (Å²) in [6.07, 6.45) is 8.14. The molecule has 0 saturated carbocycles. The Bertz CT molecular complexity index is 724. The van der Waals surface area contributed by atoms with Gasteiger partial charge < -0.3 is 14.7 Å². The number of rotatable bonds is 3. The van der Waals surface area contributed by atoms with Crippen LogP contribution in [-0.2, 0) is 12.8 Å². The second-order valence-electron chi connectivity index (χ2n) is 7.10. The molecule has 0 radical (unpaired) electrons. The van der Waals surface area contributed by atoms with Crippen LogP contribution in [0.25, 0.3) is 0 Å². The molecule has 132 valence electrons. The molecule has 1 aliphatic carbocycles. The fraction of sp³-hybridized carbons (Fsp3) is 0.611. The van der Waals surface area contributed by atoms with Crippen LogP contribution >= 0.6 is 11.3 Å². The second-order valence-corrected chi connectivity index (χ2v) is 8.17. The van der Waals surface area contributed by atoms with Gasteiger partial charge in [-0.25, -0.2) is 9.97 Å². The summed E-state index contributed by atoms with van der Waals surface area (Å²) >= 11 is 1.90. The minimum absolute atomic E-state index is 0.880. The van der Waals surface area contributed by atoms with E-state index in [1.165, 1.54) is 47.8 Å². The van der Waals surface area contributed by atoms with E-state index in [9.17, 15) is 0 Å². The van der Waals surface area contributed by atoms with Crippen molar-refractivity contribution in [2.24, 2.45) is 0 Å². The van der Waals surface area contributed by atoms with Crippen molar-refractivity contribution in [2.75, 3.05) is 54.0 Å². The molecule has 2 fully saturated rings. The summed E-state index contributed by atoms with van der Waals surface area (Å²) in [5, 5.41) is 1.22. The third-order valence-electron chi connectivity index (χ3n) is 5.48. The number of aromatic nitrogens is 3. The molecule has 0 bridgehead atoms. The molecule has 2 aliphatic heterocycles. The highest BCUT2D eigenvalue weighted by atomic mass is 32.1. The molecule has 3 aliphatic rings. The van der Waals surface area contributed by atoms with Crippen molar-refractivity contribution in [1.29, 1.82) is 0 Å². The Labute approximate surface area is 152 Å². The molecule has 0 spiro atoms. The smallest absolute Gasteiger partial charge is 0.227 e. The van der Waals surface area contributed by atoms with Gasteiger partial charge in [-0.2, -0.15) is 4.98 Å². The van der Waals surface area contributed by atoms with Crippen molar-refractivity contribution in [3.8, 4) is 0 Å². The molecule has 2 aromatic rings. The number of piperazine rings is 1. The van der Waals surface area contributed by atoms with E-state index in [4.69, 9.17) is 9.97 Å². The number of nitrogens with zero attached hydrogens (tertiary/aromatic N) is 6. The van der Waals surface area contributed by atoms with Gasteiger partial charge in [0.05, 0.1) is 5.69 Å². The maximum Gasteiger partial charge on any atom is 0.227 e. The van der Waals surface area contributed by atoms with Crippen molar-refractivity contribution in [2.45, 2.75) is 32.1 Å². The van der Waals surface area contributed by atoms with Gasteiger partial charge in [0.15, 0.2) is 5.13 Å². The summed E-state index contributed by atoms with van der Waals surface area (Å²) in [4.78, 5) is 22.9. The van der Waals surface area contributed by atoms with E-state index in [1.54, 1.807) is 0 Å². The summed E-state index contributed by atoms with van der Waals surface area (Å²) in [7, 11) is 0. The average Bonchev–Trinajstić information content (AvgIpc) is 3.39. The molecule has 2 saturated heterocycles. The topological polar surface area (TPSA) is 48.4 Å². The summed E-state index contributed by atoms with van der Waals surface area (Å²) < 4.78 is 0. The molecule has 0 atom stereocenters. The Hall–Kier alpha value is -1.89. The number of hydrogen-bond acceptors (Lipinski definition) is 7. The summed E-state index contributed by atoms with van der Waals surface area (Å²) in [6.45, 7) is 6.19. The fourth-order valence-electron chi connectivity index (χ4n) is 4.02. The number of fused-ring (bicyclic) bond motifs is 1. The van der Waals surface area contributed by atoms with E-state index < -0.39 is 0 Å². The lowest BCUT2D eigenvalue weighted by atomic mass is 10.3. The van der Waals surface area contributed by atoms with Crippen molar-refractivity contribution >= 4 is 28.2 Å². The van der Waals surface area contributed by atoms with E-state index in [2.05, 4.69) is 19.7 Å². The van der Waals surface area contributed by atoms with E-state index >= 15 is 0 Å². The lowest BCUT2D eigenvalue weighted by molar-refractivity contribution is 0.637. The molecule has 6 nitrogen and oxygen atoms in total. The fourth-order valence-corrected chi connectivity index (χ4v) is 5.22. The molecule has 25 heavy (non-hydrogen) atoms. The minimum atomic E-state index is 0.880. The summed E-state index contributed by atoms with van der Waals surface area (Å²) in [6, 6.07) is 2.04. The first-order valence-electron chi connectivity index (χ1n) is 9.43. The number of anilines is 3. The Kier molecular flexibility index (Phi) is 3.96. The third kappa shape index (κ3) is 2.94. The van der Waals surface area contributed by atoms with Gasteiger partial charge in [0.25, 0.3) is 0 Å². The Balaban J connectivity index is 1.26. The average molecular weight is 356 g/mol. The maximum atomic E-state index is 4.87. The molecule has 0 amide bonds. The Morgan fingerprint density at radius 2 is 1.60 bits per heavy atom. The van der Waals surface area contributed by atoms with E-state index in [0.29, 0.717) is 0 Å². The van der Waals surface area contributed by atoms with Gasteiger partial charge in [-0.15, -0.1) is 11.3 Å². The normalized spacial score (nSPS) is 20.4. The minimum Gasteiger partial charge on any atom is -0.356 e. The molecule has 7 heteroatoms. The van der Waals surface area contributed by atoms with Gasteiger partial charge in [0, 0.05) is 50.3 Å². The van der Waals surface area contributed by atoms with Crippen LogP contribution in [0.5, 0.6) is 0 Å². The molecule has 0 unspecified atom stereocenters. The number of hydrogen-bond donors (Lipinski definition) is 0. The summed E-state index contributed by atoms with van der Waals surface area (Å²) in [5.41, 5.74) is 1.35. The van der Waals surface area contributed by atoms with Crippen LogP contribution in [0.3, 0.4) is 0 Å². The van der Waals surface area contributed by atoms with Crippen molar-refractivity contribution in [3.63, 3.8) is 0 Å². The van der Waals surface area contributed by atoms with Crippen LogP contribution in [0.15, 0.2) is 12.3 Å². The Morgan fingerprint density at radius 1 is 0.800 bits per heavy atom. The number of thiazole rings is 1. The quantitative estimate of drug-likeness (QED) is 0.841. The van der Waals surface area contributed by atoms with Gasteiger partial charge in [0.2, 0.25) is 5.95 Å². The van der Waals surface area contributed by atoms with Crippen molar-refractivity contribution in [3.05, 3.63) is 22.8 Å². The zero-order valence-corrected chi connectivity index (χ0v) is 15.3. The molecule has 5 rings (SSSR count). The predicted molar refractivity (Wildman–Crippen MR) is 102 cm³/mol. The van der Waals surface area contributed by atoms with E-state index in [1.807, 2.05) is 23.6 Å². The Morgan fingerprint density at radius 3 is 2.40 bits per heavy atom. The second kappa shape index (κ2) is 6.44. The van der Waals surface area contributed by atoms with Crippen LogP contribution in [-0.4, -0.2) is 54.2 Å². The molecular formula is C18H24N6S. The van der Waals surface area contributed by atoms with Crippen LogP contribution in [0.2, 0.25) is 0 Å². The SMILES string of the molecule is c1cc(N2CCCC2)nc(N2CCN(c3nc4c(s3)CCC4)CC2)n1. The highest BCUT2D eigenvalue weighted by Crippen LogP contribution is 2.33. The lowest BCUT2D eigenvalue weighted by Crippen LogP contribution is -2.47. The first kappa shape index (κ1) is 15.4. The maximum absolute atomic E-state index is 4.87. The number of aryl methyl sites for hydroxylation is 2. The molecular weight excluding hydrogens is 332 g/mol. The van der Waals surface area contributed by atoms with Gasteiger partial charge in [-0.05, 0) is 38.2 Å². The lowest BCUT2D eigenvalue weighted by Gasteiger charge is -2.34. The van der Waals surface area contributed by atoms with Gasteiger partial charge in [0.1, 0.15) is 5.82 Å². The predicted octanol–water partition coefficient (Wildman–Crippen LogP) is 2.35. The molecule has 0 aromatic carbocycles. The van der Waals surface area contributed by atoms with Crippen LogP contribution in [0.4, 0.5) is 16.9 Å². The third-order valence-corrected chi connectivity index (χ3v) is 6.69. The van der Waals surface area contributed by atoms with Crippen LogP contribution in [0.1, 0.15) is 29.8 Å². The standard InChI is InChI=1S/C18H24N6S/c1-2-9-22(8-1)16-6-7-19-17(21-16)23-10-12-24(13-11-23)18-20-14-4-3-5-15(14)25-18/h6-7H,1-5,8-13H2. The van der Waals surface area contributed by atoms with E-state index in [-0.39, 0.29) is 0 Å². The van der Waals surface area contributed by atoms with Crippen LogP contribution in [0, 0.1) is 0 Å². The summed E-state index contributed by atoms with van der Waals surface area (Å²) in [5.74, 6) is 1.96. The largest absolute Gasteiger partial charge is 0.356 e. The molecule has 4 heterocycles. The first-order valence-corrected chi connectivity index (χ1v) is 10.2. The van der Waals surface area contributed by atoms with Gasteiger partial charge in [-0.1, -0.05) is 0 Å². The highest BCUT2D eigenvalue weighted by Gasteiger charge is 2.25. The van der Waals surface area contributed by atoms with Crippen molar-refractivity contribution in [1.82, 2.24) is 15.0 Å². The monoisotopic (exact) mass is 356 g/mol. The van der Waals surface area contributed by atoms with E-state index in [0.717, 1.165) is 51.0 Å². The van der Waals surface area contributed by atoms with Crippen molar-refractivity contribution < 1.29 is 0 Å². The highest BCUT2D eigenvalue weighted by molar-refractivity contribution is 7.15.